The van der Waals surface area contributed by atoms with Crippen molar-refractivity contribution in [3.05, 3.63) is 36.5 Å². The molecule has 4 rings (SSSR count). The Labute approximate surface area is 127 Å². The first-order valence-electron chi connectivity index (χ1n) is 7.31. The summed E-state index contributed by atoms with van der Waals surface area (Å²) in [6.45, 7) is 5.02. The summed E-state index contributed by atoms with van der Waals surface area (Å²) < 4.78 is 9.54. The van der Waals surface area contributed by atoms with E-state index in [1.165, 1.54) is 6.33 Å². The Morgan fingerprint density at radius 1 is 1.36 bits per heavy atom. The Hall–Kier alpha value is -2.48. The molecule has 0 aromatic carbocycles. The van der Waals surface area contributed by atoms with Gasteiger partial charge >= 0.3 is 0 Å². The Balaban J connectivity index is 1.59. The maximum absolute atomic E-state index is 5.86. The Morgan fingerprint density at radius 3 is 3.18 bits per heavy atom. The van der Waals surface area contributed by atoms with Crippen molar-refractivity contribution in [2.45, 2.75) is 19.6 Å². The van der Waals surface area contributed by atoms with Crippen molar-refractivity contribution < 1.29 is 4.74 Å². The van der Waals surface area contributed by atoms with Crippen LogP contribution >= 0.6 is 0 Å². The van der Waals surface area contributed by atoms with Gasteiger partial charge in [-0.1, -0.05) is 0 Å². The van der Waals surface area contributed by atoms with Crippen molar-refractivity contribution in [1.29, 1.82) is 0 Å². The van der Waals surface area contributed by atoms with Gasteiger partial charge in [0.05, 0.1) is 19.3 Å². The second kappa shape index (κ2) is 5.38. The monoisotopic (exact) mass is 299 g/mol. The highest BCUT2D eigenvalue weighted by Gasteiger charge is 2.23. The molecule has 3 aromatic rings. The van der Waals surface area contributed by atoms with E-state index in [0.717, 1.165) is 31.1 Å². The normalized spacial score (nSPS) is 19.0. The number of aromatic nitrogens is 6. The molecule has 1 saturated heterocycles. The summed E-state index contributed by atoms with van der Waals surface area (Å²) >= 11 is 0. The van der Waals surface area contributed by atoms with Gasteiger partial charge in [0.25, 0.3) is 5.78 Å². The van der Waals surface area contributed by atoms with Gasteiger partial charge in [0, 0.05) is 37.2 Å². The summed E-state index contributed by atoms with van der Waals surface area (Å²) in [5, 5.41) is 8.52. The lowest BCUT2D eigenvalue weighted by Crippen LogP contribution is -2.45. The molecule has 0 N–H and O–H groups in total. The highest BCUT2D eigenvalue weighted by atomic mass is 16.5. The lowest BCUT2D eigenvalue weighted by molar-refractivity contribution is 0.0270. The van der Waals surface area contributed by atoms with Crippen LogP contribution in [0, 0.1) is 6.92 Å². The van der Waals surface area contributed by atoms with Gasteiger partial charge in [0.2, 0.25) is 0 Å². The highest BCUT2D eigenvalue weighted by Crippen LogP contribution is 2.19. The van der Waals surface area contributed by atoms with Gasteiger partial charge in [-0.15, -0.1) is 0 Å². The van der Waals surface area contributed by atoms with Crippen LogP contribution in [0.15, 0.2) is 30.9 Å². The molecule has 0 saturated carbocycles. The number of hydrogen-bond acceptors (Lipinski definition) is 6. The predicted molar refractivity (Wildman–Crippen MR) is 79.7 cm³/mol. The summed E-state index contributed by atoms with van der Waals surface area (Å²) in [7, 11) is 0. The molecule has 1 aliphatic rings. The van der Waals surface area contributed by atoms with Crippen LogP contribution in [0.4, 0.5) is 5.82 Å². The molecule has 1 fully saturated rings. The third-order valence-corrected chi connectivity index (χ3v) is 3.77. The van der Waals surface area contributed by atoms with E-state index in [1.54, 1.807) is 10.7 Å². The minimum absolute atomic E-state index is 0.0979. The van der Waals surface area contributed by atoms with Gasteiger partial charge in [0.1, 0.15) is 12.1 Å². The highest BCUT2D eigenvalue weighted by molar-refractivity contribution is 5.47. The summed E-state index contributed by atoms with van der Waals surface area (Å²) in [6.07, 6.45) is 5.37. The number of morpholine rings is 1. The number of fused-ring (bicyclic) bond motifs is 1. The average molecular weight is 299 g/mol. The molecule has 8 nitrogen and oxygen atoms in total. The molecule has 0 aliphatic carbocycles. The van der Waals surface area contributed by atoms with Crippen molar-refractivity contribution in [2.75, 3.05) is 24.6 Å². The molecule has 0 unspecified atom stereocenters. The van der Waals surface area contributed by atoms with Crippen LogP contribution in [0.5, 0.6) is 0 Å². The van der Waals surface area contributed by atoms with Crippen molar-refractivity contribution in [3.8, 4) is 0 Å². The van der Waals surface area contributed by atoms with Crippen molar-refractivity contribution in [2.24, 2.45) is 0 Å². The van der Waals surface area contributed by atoms with Crippen LogP contribution in [-0.4, -0.2) is 55.2 Å². The maximum Gasteiger partial charge on any atom is 0.254 e. The molecule has 114 valence electrons. The zero-order valence-corrected chi connectivity index (χ0v) is 12.3. The van der Waals surface area contributed by atoms with Gasteiger partial charge < -0.3 is 9.64 Å². The van der Waals surface area contributed by atoms with Gasteiger partial charge in [0.15, 0.2) is 0 Å². The predicted octanol–water partition coefficient (Wildman–Crippen LogP) is 0.535. The number of aryl methyl sites for hydroxylation is 1. The van der Waals surface area contributed by atoms with Gasteiger partial charge in [-0.2, -0.15) is 19.7 Å². The average Bonchev–Trinajstić information content (AvgIpc) is 3.18. The van der Waals surface area contributed by atoms with E-state index in [4.69, 9.17) is 4.74 Å². The van der Waals surface area contributed by atoms with E-state index in [9.17, 15) is 0 Å². The lowest BCUT2D eigenvalue weighted by atomic mass is 10.2. The molecule has 4 heterocycles. The van der Waals surface area contributed by atoms with Crippen LogP contribution in [0.3, 0.4) is 0 Å². The minimum atomic E-state index is 0.0979. The fourth-order valence-corrected chi connectivity index (χ4v) is 2.79. The molecule has 0 amide bonds. The molecule has 1 atom stereocenters. The van der Waals surface area contributed by atoms with Crippen molar-refractivity contribution >= 4 is 11.6 Å². The molecular weight excluding hydrogens is 282 g/mol. The number of rotatable bonds is 3. The molecule has 0 bridgehead atoms. The first-order valence-corrected chi connectivity index (χ1v) is 7.31. The van der Waals surface area contributed by atoms with Crippen LogP contribution in [-0.2, 0) is 11.3 Å². The van der Waals surface area contributed by atoms with E-state index >= 15 is 0 Å². The van der Waals surface area contributed by atoms with E-state index in [2.05, 4.69) is 25.1 Å². The fraction of sp³-hybridized carbons (Fsp3) is 0.429. The maximum atomic E-state index is 5.86. The Morgan fingerprint density at radius 2 is 2.32 bits per heavy atom. The standard InChI is InChI=1S/C14H17N7O/c1-11-7-13(21-14(18-11)15-10-17-21)19-5-6-22-12(8-19)9-20-4-2-3-16-20/h2-4,7,10,12H,5-6,8-9H2,1H3/t12-/m1/s1. The summed E-state index contributed by atoms with van der Waals surface area (Å²) in [6, 6.07) is 3.96. The fourth-order valence-electron chi connectivity index (χ4n) is 2.79. The third kappa shape index (κ3) is 2.41. The Bertz CT molecular complexity index is 767. The zero-order chi connectivity index (χ0) is 14.9. The molecule has 22 heavy (non-hydrogen) atoms. The number of nitrogens with zero attached hydrogens (tertiary/aromatic N) is 7. The van der Waals surface area contributed by atoms with E-state index < -0.39 is 0 Å². The van der Waals surface area contributed by atoms with Crippen molar-refractivity contribution in [1.82, 2.24) is 29.4 Å². The van der Waals surface area contributed by atoms with Crippen LogP contribution in [0.1, 0.15) is 5.69 Å². The van der Waals surface area contributed by atoms with Crippen LogP contribution in [0.25, 0.3) is 5.78 Å². The third-order valence-electron chi connectivity index (χ3n) is 3.77. The van der Waals surface area contributed by atoms with Crippen molar-refractivity contribution in [3.63, 3.8) is 0 Å². The SMILES string of the molecule is Cc1cc(N2CCO[C@@H](Cn3cccn3)C2)n2ncnc2n1. The summed E-state index contributed by atoms with van der Waals surface area (Å²) in [5.41, 5.74) is 0.936. The minimum Gasteiger partial charge on any atom is -0.373 e. The number of hydrogen-bond donors (Lipinski definition) is 0. The second-order valence-corrected chi connectivity index (χ2v) is 5.39. The van der Waals surface area contributed by atoms with E-state index in [-0.39, 0.29) is 6.10 Å². The smallest absolute Gasteiger partial charge is 0.254 e. The topological polar surface area (TPSA) is 73.4 Å². The van der Waals surface area contributed by atoms with Gasteiger partial charge in [-0.3, -0.25) is 4.68 Å². The first kappa shape index (κ1) is 13.2. The number of anilines is 1. The van der Waals surface area contributed by atoms with Gasteiger partial charge in [-0.25, -0.2) is 4.98 Å². The molecule has 0 spiro atoms. The van der Waals surface area contributed by atoms with Gasteiger partial charge in [-0.05, 0) is 13.0 Å². The van der Waals surface area contributed by atoms with E-state index in [0.29, 0.717) is 12.4 Å². The van der Waals surface area contributed by atoms with Crippen LogP contribution < -0.4 is 4.90 Å². The molecule has 3 aromatic heterocycles. The molecule has 1 aliphatic heterocycles. The molecule has 8 heteroatoms. The molecular formula is C14H17N7O. The summed E-state index contributed by atoms with van der Waals surface area (Å²) in [5.74, 6) is 1.64. The zero-order valence-electron chi connectivity index (χ0n) is 12.3. The molecule has 0 radical (unpaired) electrons. The number of ether oxygens (including phenoxy) is 1. The lowest BCUT2D eigenvalue weighted by Gasteiger charge is -2.34. The second-order valence-electron chi connectivity index (χ2n) is 5.39. The van der Waals surface area contributed by atoms with E-state index in [1.807, 2.05) is 29.9 Å². The first-order chi connectivity index (χ1) is 10.8. The Kier molecular flexibility index (Phi) is 3.23. The summed E-state index contributed by atoms with van der Waals surface area (Å²) in [4.78, 5) is 10.8. The largest absolute Gasteiger partial charge is 0.373 e. The quantitative estimate of drug-likeness (QED) is 0.702. The van der Waals surface area contributed by atoms with Crippen LogP contribution in [0.2, 0.25) is 0 Å².